The number of rotatable bonds is 4. The lowest BCUT2D eigenvalue weighted by atomic mass is 10.2. The maximum absolute atomic E-state index is 10.7. The van der Waals surface area contributed by atoms with Crippen molar-refractivity contribution in [1.82, 2.24) is 0 Å². The SMILES string of the molecule is Cc1ccc(SC(CN)C(=O)O)cc1. The molecule has 0 saturated heterocycles. The second-order valence-corrected chi connectivity index (χ2v) is 4.27. The minimum absolute atomic E-state index is 0.147. The van der Waals surface area contributed by atoms with Gasteiger partial charge in [0.25, 0.3) is 0 Å². The van der Waals surface area contributed by atoms with Crippen LogP contribution in [0.15, 0.2) is 29.2 Å². The third-order valence-corrected chi connectivity index (χ3v) is 3.01. The number of carboxylic acids is 1. The zero-order valence-electron chi connectivity index (χ0n) is 7.93. The molecule has 0 aliphatic heterocycles. The normalized spacial score (nSPS) is 12.4. The van der Waals surface area contributed by atoms with Gasteiger partial charge in [-0.25, -0.2) is 0 Å². The van der Waals surface area contributed by atoms with Gasteiger partial charge in [0, 0.05) is 11.4 Å². The Morgan fingerprint density at radius 3 is 2.50 bits per heavy atom. The number of hydrogen-bond acceptors (Lipinski definition) is 3. The quantitative estimate of drug-likeness (QED) is 0.741. The lowest BCUT2D eigenvalue weighted by Crippen LogP contribution is -2.25. The van der Waals surface area contributed by atoms with Crippen molar-refractivity contribution in [3.8, 4) is 0 Å². The van der Waals surface area contributed by atoms with Gasteiger partial charge in [0.15, 0.2) is 0 Å². The van der Waals surface area contributed by atoms with Crippen molar-refractivity contribution in [2.45, 2.75) is 17.1 Å². The molecule has 0 fully saturated rings. The van der Waals surface area contributed by atoms with E-state index >= 15 is 0 Å². The topological polar surface area (TPSA) is 63.3 Å². The standard InChI is InChI=1S/C10H13NO2S/c1-7-2-4-8(5-3-7)14-9(6-11)10(12)13/h2-5,9H,6,11H2,1H3,(H,12,13). The van der Waals surface area contributed by atoms with Crippen LogP contribution in [0.25, 0.3) is 0 Å². The predicted octanol–water partition coefficient (Wildman–Crippen LogP) is 1.50. The van der Waals surface area contributed by atoms with Gasteiger partial charge in [-0.3, -0.25) is 4.79 Å². The summed E-state index contributed by atoms with van der Waals surface area (Å²) in [4.78, 5) is 11.6. The Bertz CT molecular complexity index is 310. The molecule has 1 unspecified atom stereocenters. The molecule has 0 amide bonds. The van der Waals surface area contributed by atoms with Gasteiger partial charge >= 0.3 is 5.97 Å². The van der Waals surface area contributed by atoms with Crippen molar-refractivity contribution in [3.63, 3.8) is 0 Å². The first kappa shape index (κ1) is 11.1. The summed E-state index contributed by atoms with van der Waals surface area (Å²) in [5.74, 6) is -0.863. The average Bonchev–Trinajstić information content (AvgIpc) is 2.16. The molecule has 1 rings (SSSR count). The van der Waals surface area contributed by atoms with Gasteiger partial charge in [-0.2, -0.15) is 0 Å². The molecule has 3 nitrogen and oxygen atoms in total. The molecule has 0 bridgehead atoms. The summed E-state index contributed by atoms with van der Waals surface area (Å²) in [5.41, 5.74) is 6.51. The molecule has 3 N–H and O–H groups in total. The van der Waals surface area contributed by atoms with E-state index in [1.807, 2.05) is 31.2 Å². The molecule has 1 aromatic rings. The highest BCUT2D eigenvalue weighted by molar-refractivity contribution is 8.00. The molecule has 76 valence electrons. The third-order valence-electron chi connectivity index (χ3n) is 1.79. The van der Waals surface area contributed by atoms with Crippen LogP contribution < -0.4 is 5.73 Å². The number of carboxylic acid groups (broad SMARTS) is 1. The van der Waals surface area contributed by atoms with E-state index in [0.29, 0.717) is 0 Å². The van der Waals surface area contributed by atoms with Gasteiger partial charge in [0.05, 0.1) is 0 Å². The van der Waals surface area contributed by atoms with Crippen molar-refractivity contribution in [2.75, 3.05) is 6.54 Å². The molecule has 1 atom stereocenters. The van der Waals surface area contributed by atoms with E-state index in [1.165, 1.54) is 11.8 Å². The molecule has 0 saturated carbocycles. The average molecular weight is 211 g/mol. The molecule has 4 heteroatoms. The second-order valence-electron chi connectivity index (χ2n) is 2.99. The number of aryl methyl sites for hydroxylation is 1. The summed E-state index contributed by atoms with van der Waals surface area (Å²) in [5, 5.41) is 8.23. The molecule has 0 spiro atoms. The van der Waals surface area contributed by atoms with Gasteiger partial charge in [-0.15, -0.1) is 11.8 Å². The maximum atomic E-state index is 10.7. The lowest BCUT2D eigenvalue weighted by molar-refractivity contribution is -0.136. The molecule has 0 radical (unpaired) electrons. The van der Waals surface area contributed by atoms with E-state index in [4.69, 9.17) is 10.8 Å². The van der Waals surface area contributed by atoms with Gasteiger partial charge in [0.1, 0.15) is 5.25 Å². The van der Waals surface area contributed by atoms with Crippen molar-refractivity contribution >= 4 is 17.7 Å². The molecule has 0 aromatic heterocycles. The van der Waals surface area contributed by atoms with Crippen LogP contribution in [0.4, 0.5) is 0 Å². The van der Waals surface area contributed by atoms with Gasteiger partial charge < -0.3 is 10.8 Å². The van der Waals surface area contributed by atoms with E-state index < -0.39 is 11.2 Å². The summed E-state index contributed by atoms with van der Waals surface area (Å²) in [6.45, 7) is 2.14. The molecular weight excluding hydrogens is 198 g/mol. The third kappa shape index (κ3) is 3.05. The summed E-state index contributed by atoms with van der Waals surface area (Å²) in [7, 11) is 0. The molecule has 14 heavy (non-hydrogen) atoms. The monoisotopic (exact) mass is 211 g/mol. The Labute approximate surface area is 87.3 Å². The highest BCUT2D eigenvalue weighted by atomic mass is 32.2. The van der Waals surface area contributed by atoms with Crippen molar-refractivity contribution in [1.29, 1.82) is 0 Å². The smallest absolute Gasteiger partial charge is 0.318 e. The van der Waals surface area contributed by atoms with E-state index in [0.717, 1.165) is 10.5 Å². The fraction of sp³-hybridized carbons (Fsp3) is 0.300. The number of thioether (sulfide) groups is 1. The van der Waals surface area contributed by atoms with Crippen LogP contribution in [-0.4, -0.2) is 22.9 Å². The largest absolute Gasteiger partial charge is 0.480 e. The van der Waals surface area contributed by atoms with Crippen LogP contribution in [0.2, 0.25) is 0 Å². The van der Waals surface area contributed by atoms with Crippen molar-refractivity contribution in [2.24, 2.45) is 5.73 Å². The molecule has 0 heterocycles. The molecule has 1 aromatic carbocycles. The highest BCUT2D eigenvalue weighted by Crippen LogP contribution is 2.23. The fourth-order valence-corrected chi connectivity index (χ4v) is 1.80. The van der Waals surface area contributed by atoms with Crippen LogP contribution in [0, 0.1) is 6.92 Å². The summed E-state index contributed by atoms with van der Waals surface area (Å²) >= 11 is 1.28. The predicted molar refractivity (Wildman–Crippen MR) is 57.5 cm³/mol. The van der Waals surface area contributed by atoms with Crippen LogP contribution in [0.3, 0.4) is 0 Å². The van der Waals surface area contributed by atoms with Crippen LogP contribution in [0.5, 0.6) is 0 Å². The van der Waals surface area contributed by atoms with Gasteiger partial charge in [-0.1, -0.05) is 17.7 Å². The maximum Gasteiger partial charge on any atom is 0.318 e. The minimum atomic E-state index is -0.863. The number of benzene rings is 1. The number of aliphatic carboxylic acids is 1. The first-order chi connectivity index (χ1) is 6.63. The number of hydrogen-bond donors (Lipinski definition) is 2. The first-order valence-electron chi connectivity index (χ1n) is 4.29. The molecule has 0 aliphatic carbocycles. The van der Waals surface area contributed by atoms with Crippen LogP contribution >= 0.6 is 11.8 Å². The Hall–Kier alpha value is -1.00. The van der Waals surface area contributed by atoms with E-state index in [-0.39, 0.29) is 6.54 Å². The van der Waals surface area contributed by atoms with Crippen molar-refractivity contribution < 1.29 is 9.90 Å². The molecular formula is C10H13NO2S. The number of carbonyl (C=O) groups is 1. The lowest BCUT2D eigenvalue weighted by Gasteiger charge is -2.08. The Kier molecular flexibility index (Phi) is 3.98. The Balaban J connectivity index is 2.67. The van der Waals surface area contributed by atoms with Gasteiger partial charge in [0.2, 0.25) is 0 Å². The zero-order chi connectivity index (χ0) is 10.6. The van der Waals surface area contributed by atoms with Gasteiger partial charge in [-0.05, 0) is 19.1 Å². The van der Waals surface area contributed by atoms with Crippen molar-refractivity contribution in [3.05, 3.63) is 29.8 Å². The Morgan fingerprint density at radius 1 is 1.50 bits per heavy atom. The van der Waals surface area contributed by atoms with Crippen LogP contribution in [-0.2, 0) is 4.79 Å². The summed E-state index contributed by atoms with van der Waals surface area (Å²) in [6, 6.07) is 7.73. The second kappa shape index (κ2) is 5.02. The minimum Gasteiger partial charge on any atom is -0.480 e. The first-order valence-corrected chi connectivity index (χ1v) is 5.17. The number of nitrogens with two attached hydrogens (primary N) is 1. The zero-order valence-corrected chi connectivity index (χ0v) is 8.75. The van der Waals surface area contributed by atoms with Crippen LogP contribution in [0.1, 0.15) is 5.56 Å². The highest BCUT2D eigenvalue weighted by Gasteiger charge is 2.16. The molecule has 0 aliphatic rings. The van der Waals surface area contributed by atoms with E-state index in [1.54, 1.807) is 0 Å². The van der Waals surface area contributed by atoms with E-state index in [9.17, 15) is 4.79 Å². The summed E-state index contributed by atoms with van der Waals surface area (Å²) < 4.78 is 0. The van der Waals surface area contributed by atoms with E-state index in [2.05, 4.69) is 0 Å². The fourth-order valence-electron chi connectivity index (χ4n) is 0.980. The summed E-state index contributed by atoms with van der Waals surface area (Å²) in [6.07, 6.45) is 0. The Morgan fingerprint density at radius 2 is 2.07 bits per heavy atom.